The molecule has 2 aromatic rings. The van der Waals surface area contributed by atoms with Crippen LogP contribution in [0, 0.1) is 5.41 Å². The lowest BCUT2D eigenvalue weighted by molar-refractivity contribution is -0.118. The molecule has 0 aromatic heterocycles. The van der Waals surface area contributed by atoms with Gasteiger partial charge in [-0.05, 0) is 61.1 Å². The quantitative estimate of drug-likeness (QED) is 0.231. The molecule has 12 heteroatoms. The zero-order valence-electron chi connectivity index (χ0n) is 23.6. The number of unbranched alkanes of at least 4 members (excludes halogenated alkanes) is 2. The van der Waals surface area contributed by atoms with Gasteiger partial charge in [0.1, 0.15) is 5.75 Å². The summed E-state index contributed by atoms with van der Waals surface area (Å²) in [6.07, 6.45) is 7.22. The maximum atomic E-state index is 14.1. The molecule has 1 aliphatic heterocycles. The van der Waals surface area contributed by atoms with Gasteiger partial charge in [-0.2, -0.15) is 8.42 Å². The summed E-state index contributed by atoms with van der Waals surface area (Å²) >= 11 is 1.41. The van der Waals surface area contributed by atoms with Crippen LogP contribution in [0.1, 0.15) is 57.9 Å². The fraction of sp³-hybridized carbons (Fsp3) is 0.536. The number of methoxy groups -OCH3 is 1. The molecule has 0 atom stereocenters. The molecule has 0 bridgehead atoms. The number of anilines is 2. The Kier molecular flexibility index (Phi) is 11.0. The first-order valence-electron chi connectivity index (χ1n) is 13.4. The first-order valence-corrected chi connectivity index (χ1v) is 17.9. The van der Waals surface area contributed by atoms with E-state index in [1.807, 2.05) is 36.6 Å². The van der Waals surface area contributed by atoms with Gasteiger partial charge >= 0.3 is 0 Å². The Hall–Kier alpha value is -2.28. The molecule has 0 fully saturated rings. The third-order valence-corrected chi connectivity index (χ3v) is 10.7. The molecule has 1 heterocycles. The number of carbonyl (C=O) groups excluding carboxylic acids is 1. The van der Waals surface area contributed by atoms with Crippen LogP contribution < -0.4 is 15.0 Å². The van der Waals surface area contributed by atoms with Gasteiger partial charge < -0.3 is 15.0 Å². The van der Waals surface area contributed by atoms with Crippen molar-refractivity contribution in [1.29, 1.82) is 0 Å². The van der Waals surface area contributed by atoms with Crippen LogP contribution >= 0.6 is 11.8 Å². The van der Waals surface area contributed by atoms with Crippen molar-refractivity contribution in [2.75, 3.05) is 36.3 Å². The number of thioether (sulfide) groups is 1. The topological polar surface area (TPSA) is 130 Å². The Morgan fingerprint density at radius 2 is 1.75 bits per heavy atom. The standard InChI is InChI=1S/C28H40N2O7S3/c1-5-7-13-28(14-8-6-2)19-30(22-9-11-23(37-3)12-10-22)24-16-25(38-4)21(15-26(24)39(32,33)20-28)17-29-27(31)18-40(34,35)36/h9-12,15-16H,5-8,13-14,17-20H2,1-4H3,(H,29,31)(H,34,35,36). The molecule has 0 radical (unpaired) electrons. The summed E-state index contributed by atoms with van der Waals surface area (Å²) in [7, 11) is -6.62. The minimum absolute atomic E-state index is 0.0207. The Labute approximate surface area is 242 Å². The summed E-state index contributed by atoms with van der Waals surface area (Å²) in [6.45, 7) is 4.70. The summed E-state index contributed by atoms with van der Waals surface area (Å²) in [5, 5.41) is 2.49. The van der Waals surface area contributed by atoms with Gasteiger partial charge in [0.15, 0.2) is 15.6 Å². The Morgan fingerprint density at radius 3 is 2.27 bits per heavy atom. The molecular formula is C28H40N2O7S3. The number of amides is 1. The predicted molar refractivity (Wildman–Crippen MR) is 160 cm³/mol. The largest absolute Gasteiger partial charge is 0.497 e. The zero-order chi connectivity index (χ0) is 29.6. The van der Waals surface area contributed by atoms with Crippen LogP contribution in [0.25, 0.3) is 0 Å². The van der Waals surface area contributed by atoms with Crippen LogP contribution in [0.2, 0.25) is 0 Å². The number of nitrogens with zero attached hydrogens (tertiary/aromatic N) is 1. The van der Waals surface area contributed by atoms with Gasteiger partial charge in [0.05, 0.1) is 23.4 Å². The number of benzene rings is 2. The maximum Gasteiger partial charge on any atom is 0.274 e. The van der Waals surface area contributed by atoms with E-state index in [9.17, 15) is 21.6 Å². The Morgan fingerprint density at radius 1 is 1.12 bits per heavy atom. The van der Waals surface area contributed by atoms with E-state index in [2.05, 4.69) is 24.1 Å². The van der Waals surface area contributed by atoms with Crippen LogP contribution in [-0.4, -0.2) is 58.7 Å². The lowest BCUT2D eigenvalue weighted by atomic mass is 9.79. The van der Waals surface area contributed by atoms with Gasteiger partial charge in [-0.1, -0.05) is 39.5 Å². The van der Waals surface area contributed by atoms with Crippen molar-refractivity contribution in [2.45, 2.75) is 68.7 Å². The van der Waals surface area contributed by atoms with Gasteiger partial charge in [0.2, 0.25) is 5.91 Å². The summed E-state index contributed by atoms with van der Waals surface area (Å²) in [4.78, 5) is 15.1. The van der Waals surface area contributed by atoms with E-state index in [4.69, 9.17) is 9.29 Å². The van der Waals surface area contributed by atoms with E-state index in [-0.39, 0.29) is 17.2 Å². The second kappa shape index (κ2) is 13.6. The van der Waals surface area contributed by atoms with Crippen LogP contribution in [0.5, 0.6) is 5.75 Å². The third kappa shape index (κ3) is 8.14. The molecule has 9 nitrogen and oxygen atoms in total. The van der Waals surface area contributed by atoms with Gasteiger partial charge in [-0.3, -0.25) is 9.35 Å². The fourth-order valence-corrected chi connectivity index (χ4v) is 8.47. The first-order chi connectivity index (χ1) is 18.9. The maximum absolute atomic E-state index is 14.1. The first kappa shape index (κ1) is 32.2. The molecule has 0 unspecified atom stereocenters. The molecule has 0 spiro atoms. The van der Waals surface area contributed by atoms with E-state index in [1.54, 1.807) is 13.2 Å². The van der Waals surface area contributed by atoms with E-state index in [0.717, 1.165) is 49.1 Å². The van der Waals surface area contributed by atoms with E-state index >= 15 is 0 Å². The highest BCUT2D eigenvalue weighted by Gasteiger charge is 2.42. The molecule has 1 amide bonds. The number of ether oxygens (including phenoxy) is 1. The number of hydrogen-bond donors (Lipinski definition) is 2. The van der Waals surface area contributed by atoms with Crippen molar-refractivity contribution >= 4 is 49.0 Å². The lowest BCUT2D eigenvalue weighted by Crippen LogP contribution is -2.38. The molecule has 222 valence electrons. The fourth-order valence-electron chi connectivity index (χ4n) is 5.26. The molecule has 0 saturated carbocycles. The second-order valence-corrected chi connectivity index (χ2v) is 14.6. The molecule has 2 aromatic carbocycles. The molecule has 0 saturated heterocycles. The molecule has 3 rings (SSSR count). The van der Waals surface area contributed by atoms with Gasteiger partial charge in [0, 0.05) is 29.1 Å². The Bertz CT molecular complexity index is 1380. The smallest absolute Gasteiger partial charge is 0.274 e. The summed E-state index contributed by atoms with van der Waals surface area (Å²) in [5.74, 6) is -1.21. The number of carbonyl (C=O) groups is 1. The van der Waals surface area contributed by atoms with Crippen molar-refractivity contribution in [3.63, 3.8) is 0 Å². The number of hydrogen-bond acceptors (Lipinski definition) is 8. The van der Waals surface area contributed by atoms with Crippen molar-refractivity contribution in [2.24, 2.45) is 5.41 Å². The summed E-state index contributed by atoms with van der Waals surface area (Å²) < 4.78 is 64.9. The highest BCUT2D eigenvalue weighted by atomic mass is 32.2. The molecule has 2 N–H and O–H groups in total. The third-order valence-electron chi connectivity index (χ3n) is 7.27. The second-order valence-electron chi connectivity index (χ2n) is 10.4. The number of nitrogens with one attached hydrogen (secondary N) is 1. The van der Waals surface area contributed by atoms with E-state index < -0.39 is 37.0 Å². The molecule has 0 aliphatic carbocycles. The van der Waals surface area contributed by atoms with Crippen molar-refractivity contribution in [3.8, 4) is 5.75 Å². The average Bonchev–Trinajstić information content (AvgIpc) is 3.00. The molecule has 1 aliphatic rings. The minimum Gasteiger partial charge on any atom is -0.497 e. The van der Waals surface area contributed by atoms with Gasteiger partial charge in [-0.25, -0.2) is 8.42 Å². The number of fused-ring (bicyclic) bond motifs is 1. The average molecular weight is 613 g/mol. The van der Waals surface area contributed by atoms with Gasteiger partial charge in [-0.15, -0.1) is 11.8 Å². The number of sulfone groups is 1. The van der Waals surface area contributed by atoms with Crippen molar-refractivity contribution in [3.05, 3.63) is 42.0 Å². The molecule has 40 heavy (non-hydrogen) atoms. The lowest BCUT2D eigenvalue weighted by Gasteiger charge is -2.37. The van der Waals surface area contributed by atoms with Crippen LogP contribution in [-0.2, 0) is 31.3 Å². The monoisotopic (exact) mass is 612 g/mol. The minimum atomic E-state index is -4.48. The van der Waals surface area contributed by atoms with E-state index in [1.165, 1.54) is 11.8 Å². The Balaban J connectivity index is 2.17. The summed E-state index contributed by atoms with van der Waals surface area (Å²) in [5.41, 5.74) is 1.55. The van der Waals surface area contributed by atoms with Gasteiger partial charge in [0.25, 0.3) is 10.1 Å². The highest BCUT2D eigenvalue weighted by Crippen LogP contribution is 2.46. The van der Waals surface area contributed by atoms with Crippen LogP contribution in [0.3, 0.4) is 0 Å². The summed E-state index contributed by atoms with van der Waals surface area (Å²) in [6, 6.07) is 11.1. The van der Waals surface area contributed by atoms with Crippen LogP contribution in [0.15, 0.2) is 46.2 Å². The highest BCUT2D eigenvalue weighted by molar-refractivity contribution is 7.98. The normalized spacial score (nSPS) is 16.2. The van der Waals surface area contributed by atoms with Crippen molar-refractivity contribution < 1.29 is 30.9 Å². The van der Waals surface area contributed by atoms with Crippen molar-refractivity contribution in [1.82, 2.24) is 5.32 Å². The SMILES string of the molecule is CCCCC1(CCCC)CN(c2ccc(OC)cc2)c2cc(SC)c(CNC(=O)CS(=O)(=O)O)cc2S(=O)(=O)C1. The predicted octanol–water partition coefficient (Wildman–Crippen LogP) is 5.21. The van der Waals surface area contributed by atoms with Crippen LogP contribution in [0.4, 0.5) is 11.4 Å². The number of rotatable bonds is 13. The molecular weight excluding hydrogens is 573 g/mol. The zero-order valence-corrected chi connectivity index (χ0v) is 26.1. The van der Waals surface area contributed by atoms with E-state index in [0.29, 0.717) is 23.5 Å².